The Kier molecular flexibility index (Phi) is 6.55. The number of carbonyl (C=O) groups is 1. The first-order valence-electron chi connectivity index (χ1n) is 11.0. The molecule has 1 aromatic heterocycles. The van der Waals surface area contributed by atoms with E-state index < -0.39 is 21.2 Å². The van der Waals surface area contributed by atoms with E-state index >= 15 is 0 Å². The zero-order chi connectivity index (χ0) is 23.1. The lowest BCUT2D eigenvalue weighted by Gasteiger charge is -2.22. The first-order chi connectivity index (χ1) is 14.3. The Morgan fingerprint density at radius 3 is 2.29 bits per heavy atom. The van der Waals surface area contributed by atoms with Gasteiger partial charge in [-0.3, -0.25) is 4.79 Å². The van der Waals surface area contributed by atoms with Gasteiger partial charge in [-0.25, -0.2) is 8.42 Å². The van der Waals surface area contributed by atoms with Crippen molar-refractivity contribution in [1.82, 2.24) is 0 Å². The quantitative estimate of drug-likeness (QED) is 0.583. The van der Waals surface area contributed by atoms with Crippen LogP contribution in [-0.4, -0.2) is 25.1 Å². The monoisotopic (exact) mass is 446 g/mol. The molecule has 0 saturated heterocycles. The maximum absolute atomic E-state index is 13.0. The van der Waals surface area contributed by atoms with Gasteiger partial charge in [-0.05, 0) is 68.1 Å². The van der Waals surface area contributed by atoms with Gasteiger partial charge in [-0.15, -0.1) is 0 Å². The van der Waals surface area contributed by atoms with Gasteiger partial charge in [0.05, 0.1) is 11.9 Å². The number of Topliss-reactive ketones (excluding diaryl/α,β-unsaturated/α-hetero) is 1. The van der Waals surface area contributed by atoms with Crippen molar-refractivity contribution in [2.24, 2.45) is 5.92 Å². The fourth-order valence-electron chi connectivity index (χ4n) is 4.18. The molecule has 170 valence electrons. The molecule has 5 nitrogen and oxygen atoms in total. The maximum atomic E-state index is 13.0. The van der Waals surface area contributed by atoms with Crippen molar-refractivity contribution < 1.29 is 22.7 Å². The smallest absolute Gasteiger partial charge is 0.218 e. The van der Waals surface area contributed by atoms with Crippen molar-refractivity contribution >= 4 is 15.6 Å². The number of sulfone groups is 1. The van der Waals surface area contributed by atoms with E-state index in [2.05, 4.69) is 39.8 Å². The fraction of sp³-hybridized carbons (Fsp3) is 0.560. The molecule has 0 amide bonds. The largest absolute Gasteiger partial charge is 0.453 e. The average molecular weight is 447 g/mol. The molecular formula is C25H34O5S. The molecule has 1 unspecified atom stereocenters. The number of benzene rings is 1. The van der Waals surface area contributed by atoms with Gasteiger partial charge < -0.3 is 9.52 Å². The molecule has 1 aromatic carbocycles. The van der Waals surface area contributed by atoms with E-state index in [4.69, 9.17) is 4.42 Å². The van der Waals surface area contributed by atoms with Crippen molar-refractivity contribution in [3.8, 4) is 0 Å². The van der Waals surface area contributed by atoms with Crippen LogP contribution in [0.15, 0.2) is 34.0 Å². The summed E-state index contributed by atoms with van der Waals surface area (Å²) in [6.07, 6.45) is 3.73. The molecule has 3 rings (SSSR count). The van der Waals surface area contributed by atoms with E-state index in [0.717, 1.165) is 11.1 Å². The Labute approximate surface area is 185 Å². The molecule has 1 aliphatic carbocycles. The Bertz CT molecular complexity index is 1070. The summed E-state index contributed by atoms with van der Waals surface area (Å²) in [5, 5.41) is 9.78. The van der Waals surface area contributed by atoms with Gasteiger partial charge >= 0.3 is 0 Å². The standard InChI is InChI=1S/C25H34O5S/c1-15(2)21-9-16(3)10-22(17(4)18-7-8-18)23(21)12-20(26)14-31(28,29)24-11-19(13-30-24)25(5,6)27/h9-11,13,15,17-18,27H,7-8,12,14H2,1-6H3. The third-order valence-corrected chi connectivity index (χ3v) is 7.75. The van der Waals surface area contributed by atoms with Crippen LogP contribution in [-0.2, 0) is 26.7 Å². The SMILES string of the molecule is Cc1cc(C(C)C)c(CC(=O)CS(=O)(=O)c2cc(C(C)(C)O)co2)c(C(C)C2CC2)c1. The lowest BCUT2D eigenvalue weighted by Crippen LogP contribution is -2.20. The van der Waals surface area contributed by atoms with Gasteiger partial charge in [-0.1, -0.05) is 38.5 Å². The molecule has 6 heteroatoms. The molecular weight excluding hydrogens is 412 g/mol. The van der Waals surface area contributed by atoms with E-state index in [1.807, 2.05) is 0 Å². The number of ketones is 1. The van der Waals surface area contributed by atoms with Crippen molar-refractivity contribution in [2.75, 3.05) is 5.75 Å². The summed E-state index contributed by atoms with van der Waals surface area (Å²) in [6, 6.07) is 5.58. The number of hydrogen-bond acceptors (Lipinski definition) is 5. The second kappa shape index (κ2) is 8.55. The number of hydrogen-bond donors (Lipinski definition) is 1. The van der Waals surface area contributed by atoms with Gasteiger partial charge in [0.1, 0.15) is 5.75 Å². The van der Waals surface area contributed by atoms with Crippen LogP contribution in [0.3, 0.4) is 0 Å². The number of rotatable bonds is 9. The molecule has 1 heterocycles. The summed E-state index contributed by atoms with van der Waals surface area (Å²) in [7, 11) is -3.92. The van der Waals surface area contributed by atoms with Gasteiger partial charge in [0.25, 0.3) is 0 Å². The van der Waals surface area contributed by atoms with Crippen LogP contribution < -0.4 is 0 Å². The molecule has 2 aromatic rings. The molecule has 0 aliphatic heterocycles. The minimum atomic E-state index is -3.92. The zero-order valence-corrected chi connectivity index (χ0v) is 20.2. The first-order valence-corrected chi connectivity index (χ1v) is 12.6. The molecule has 0 spiro atoms. The van der Waals surface area contributed by atoms with E-state index in [1.54, 1.807) is 13.8 Å². The van der Waals surface area contributed by atoms with Crippen molar-refractivity contribution in [2.45, 2.75) is 83.3 Å². The van der Waals surface area contributed by atoms with Crippen molar-refractivity contribution in [3.63, 3.8) is 0 Å². The molecule has 31 heavy (non-hydrogen) atoms. The predicted molar refractivity (Wildman–Crippen MR) is 121 cm³/mol. The molecule has 1 N–H and O–H groups in total. The normalized spacial score (nSPS) is 16.0. The Morgan fingerprint density at radius 2 is 1.77 bits per heavy atom. The lowest BCUT2D eigenvalue weighted by atomic mass is 9.83. The van der Waals surface area contributed by atoms with Crippen LogP contribution in [0.4, 0.5) is 0 Å². The Hall–Kier alpha value is -1.92. The van der Waals surface area contributed by atoms with Crippen LogP contribution in [0.1, 0.15) is 87.1 Å². The zero-order valence-electron chi connectivity index (χ0n) is 19.4. The molecule has 1 fully saturated rings. The van der Waals surface area contributed by atoms with Crippen molar-refractivity contribution in [3.05, 3.63) is 52.3 Å². The highest BCUT2D eigenvalue weighted by atomic mass is 32.2. The van der Waals surface area contributed by atoms with E-state index in [1.165, 1.54) is 36.3 Å². The molecule has 0 radical (unpaired) electrons. The molecule has 1 aliphatic rings. The van der Waals surface area contributed by atoms with Crippen LogP contribution in [0, 0.1) is 12.8 Å². The third-order valence-electron chi connectivity index (χ3n) is 6.22. The van der Waals surface area contributed by atoms with Crippen molar-refractivity contribution in [1.29, 1.82) is 0 Å². The third kappa shape index (κ3) is 5.47. The summed E-state index contributed by atoms with van der Waals surface area (Å²) < 4.78 is 30.8. The summed E-state index contributed by atoms with van der Waals surface area (Å²) in [4.78, 5) is 13.0. The van der Waals surface area contributed by atoms with Gasteiger partial charge in [0.2, 0.25) is 14.9 Å². The van der Waals surface area contributed by atoms with Crippen LogP contribution in [0.25, 0.3) is 0 Å². The Balaban J connectivity index is 1.88. The number of carbonyl (C=O) groups excluding carboxylic acids is 1. The summed E-state index contributed by atoms with van der Waals surface area (Å²) in [5.41, 5.74) is 3.60. The van der Waals surface area contributed by atoms with Gasteiger partial charge in [0, 0.05) is 18.1 Å². The van der Waals surface area contributed by atoms with Crippen LogP contribution in [0.2, 0.25) is 0 Å². The molecule has 1 atom stereocenters. The number of furan rings is 1. The van der Waals surface area contributed by atoms with Gasteiger partial charge in [0.15, 0.2) is 5.78 Å². The maximum Gasteiger partial charge on any atom is 0.218 e. The highest BCUT2D eigenvalue weighted by Crippen LogP contribution is 2.44. The first kappa shape index (κ1) is 23.7. The summed E-state index contributed by atoms with van der Waals surface area (Å²) in [5.74, 6) is 0.271. The minimum absolute atomic E-state index is 0.0957. The number of aliphatic hydroxyl groups is 1. The minimum Gasteiger partial charge on any atom is -0.453 e. The summed E-state index contributed by atoms with van der Waals surface area (Å²) >= 11 is 0. The Morgan fingerprint density at radius 1 is 1.16 bits per heavy atom. The fourth-order valence-corrected chi connectivity index (χ4v) is 5.35. The molecule has 0 bridgehead atoms. The summed E-state index contributed by atoms with van der Waals surface area (Å²) in [6.45, 7) is 11.6. The highest BCUT2D eigenvalue weighted by Gasteiger charge is 2.32. The van der Waals surface area contributed by atoms with Crippen LogP contribution in [0.5, 0.6) is 0 Å². The molecule has 1 saturated carbocycles. The lowest BCUT2D eigenvalue weighted by molar-refractivity contribution is -0.116. The van der Waals surface area contributed by atoms with Crippen LogP contribution >= 0.6 is 0 Å². The van der Waals surface area contributed by atoms with E-state index in [-0.39, 0.29) is 23.2 Å². The second-order valence-electron chi connectivity index (χ2n) is 9.89. The second-order valence-corrected chi connectivity index (χ2v) is 11.8. The highest BCUT2D eigenvalue weighted by molar-refractivity contribution is 7.92. The average Bonchev–Trinajstić information content (AvgIpc) is 3.35. The predicted octanol–water partition coefficient (Wildman–Crippen LogP) is 5.04. The van der Waals surface area contributed by atoms with Gasteiger partial charge in [-0.2, -0.15) is 0 Å². The van der Waals surface area contributed by atoms with E-state index in [0.29, 0.717) is 17.4 Å². The number of aryl methyl sites for hydroxylation is 1. The topological polar surface area (TPSA) is 84.6 Å². The van der Waals surface area contributed by atoms with E-state index in [9.17, 15) is 18.3 Å².